The van der Waals surface area contributed by atoms with Gasteiger partial charge in [-0.3, -0.25) is 14.9 Å². The Morgan fingerprint density at radius 2 is 1.74 bits per heavy atom. The standard InChI is InChI=1S/C15H13ClN2O5/c1-22-12-7-9(16)8-13(23-2)14(12)17-15(19)10-5-3-4-6-11(10)18(20)21/h3-8H,1-2H3,(H,17,19). The number of nitrogens with zero attached hydrogens (tertiary/aromatic N) is 1. The summed E-state index contributed by atoms with van der Waals surface area (Å²) in [6, 6.07) is 8.64. The molecule has 0 spiro atoms. The Hall–Kier alpha value is -2.80. The zero-order valence-corrected chi connectivity index (χ0v) is 13.1. The molecule has 0 heterocycles. The van der Waals surface area contributed by atoms with Gasteiger partial charge in [-0.15, -0.1) is 0 Å². The zero-order chi connectivity index (χ0) is 17.0. The van der Waals surface area contributed by atoms with E-state index in [0.29, 0.717) is 5.02 Å². The Morgan fingerprint density at radius 1 is 1.17 bits per heavy atom. The van der Waals surface area contributed by atoms with Crippen LogP contribution in [0, 0.1) is 10.1 Å². The fourth-order valence-corrected chi connectivity index (χ4v) is 2.21. The molecule has 7 nitrogen and oxygen atoms in total. The van der Waals surface area contributed by atoms with Crippen molar-refractivity contribution in [1.82, 2.24) is 0 Å². The summed E-state index contributed by atoms with van der Waals surface area (Å²) in [5.74, 6) is -0.0983. The number of hydrogen-bond acceptors (Lipinski definition) is 5. The first kappa shape index (κ1) is 16.6. The lowest BCUT2D eigenvalue weighted by Crippen LogP contribution is -2.15. The van der Waals surface area contributed by atoms with Gasteiger partial charge in [0.25, 0.3) is 11.6 Å². The van der Waals surface area contributed by atoms with Crippen molar-refractivity contribution < 1.29 is 19.2 Å². The number of rotatable bonds is 5. The normalized spacial score (nSPS) is 10.0. The molecule has 0 unspecified atom stereocenters. The number of nitro groups is 1. The molecular weight excluding hydrogens is 324 g/mol. The van der Waals surface area contributed by atoms with Gasteiger partial charge in [0, 0.05) is 23.2 Å². The number of halogens is 1. The van der Waals surface area contributed by atoms with Gasteiger partial charge < -0.3 is 14.8 Å². The van der Waals surface area contributed by atoms with Gasteiger partial charge in [0.2, 0.25) is 0 Å². The number of nitrogens with one attached hydrogen (secondary N) is 1. The quantitative estimate of drug-likeness (QED) is 0.666. The molecule has 0 aromatic heterocycles. The van der Waals surface area contributed by atoms with Gasteiger partial charge in [-0.1, -0.05) is 23.7 Å². The highest BCUT2D eigenvalue weighted by molar-refractivity contribution is 6.31. The lowest BCUT2D eigenvalue weighted by Gasteiger charge is -2.14. The third-order valence-electron chi connectivity index (χ3n) is 3.05. The van der Waals surface area contributed by atoms with E-state index in [0.717, 1.165) is 0 Å². The average Bonchev–Trinajstić information content (AvgIpc) is 2.55. The van der Waals surface area contributed by atoms with Crippen LogP contribution in [0.5, 0.6) is 11.5 Å². The van der Waals surface area contributed by atoms with Crippen LogP contribution in [0.1, 0.15) is 10.4 Å². The number of carbonyl (C=O) groups excluding carboxylic acids is 1. The van der Waals surface area contributed by atoms with Gasteiger partial charge in [0.15, 0.2) is 0 Å². The molecule has 0 bridgehead atoms. The van der Waals surface area contributed by atoms with E-state index in [1.54, 1.807) is 0 Å². The molecule has 0 radical (unpaired) electrons. The number of anilines is 1. The monoisotopic (exact) mass is 336 g/mol. The minimum absolute atomic E-state index is 0.0726. The van der Waals surface area contributed by atoms with E-state index in [2.05, 4.69) is 5.32 Å². The third-order valence-corrected chi connectivity index (χ3v) is 3.27. The Morgan fingerprint density at radius 3 is 2.26 bits per heavy atom. The molecule has 0 saturated carbocycles. The van der Waals surface area contributed by atoms with E-state index in [-0.39, 0.29) is 28.4 Å². The van der Waals surface area contributed by atoms with Crippen LogP contribution in [-0.4, -0.2) is 25.1 Å². The Balaban J connectivity index is 2.44. The molecule has 2 aromatic carbocycles. The maximum atomic E-state index is 12.4. The number of carbonyl (C=O) groups is 1. The smallest absolute Gasteiger partial charge is 0.282 e. The maximum Gasteiger partial charge on any atom is 0.282 e. The summed E-state index contributed by atoms with van der Waals surface area (Å²) in [7, 11) is 2.82. The predicted molar refractivity (Wildman–Crippen MR) is 85.6 cm³/mol. The molecule has 1 N–H and O–H groups in total. The number of hydrogen-bond donors (Lipinski definition) is 1. The van der Waals surface area contributed by atoms with Crippen LogP contribution in [0.4, 0.5) is 11.4 Å². The zero-order valence-electron chi connectivity index (χ0n) is 12.3. The number of ether oxygens (including phenoxy) is 2. The second-order valence-corrected chi connectivity index (χ2v) is 4.85. The summed E-state index contributed by atoms with van der Waals surface area (Å²) >= 11 is 5.94. The summed E-state index contributed by atoms with van der Waals surface area (Å²) in [5.41, 5.74) is -0.129. The first-order valence-corrected chi connectivity index (χ1v) is 6.82. The van der Waals surface area contributed by atoms with E-state index in [1.165, 1.54) is 50.6 Å². The van der Waals surface area contributed by atoms with Crippen molar-refractivity contribution in [2.75, 3.05) is 19.5 Å². The van der Waals surface area contributed by atoms with E-state index in [1.807, 2.05) is 0 Å². The maximum absolute atomic E-state index is 12.4. The fraction of sp³-hybridized carbons (Fsp3) is 0.133. The van der Waals surface area contributed by atoms with Crippen molar-refractivity contribution in [3.05, 3.63) is 57.1 Å². The second kappa shape index (κ2) is 6.97. The van der Waals surface area contributed by atoms with Crippen LogP contribution in [0.15, 0.2) is 36.4 Å². The molecule has 0 saturated heterocycles. The van der Waals surface area contributed by atoms with Crippen LogP contribution in [0.2, 0.25) is 5.02 Å². The Bertz CT molecular complexity index is 738. The van der Waals surface area contributed by atoms with E-state index >= 15 is 0 Å². The van der Waals surface area contributed by atoms with Gasteiger partial charge in [0.1, 0.15) is 22.7 Å². The predicted octanol–water partition coefficient (Wildman–Crippen LogP) is 3.52. The van der Waals surface area contributed by atoms with Crippen LogP contribution in [-0.2, 0) is 0 Å². The van der Waals surface area contributed by atoms with Crippen molar-refractivity contribution in [3.8, 4) is 11.5 Å². The molecule has 0 atom stereocenters. The molecule has 0 aliphatic heterocycles. The topological polar surface area (TPSA) is 90.7 Å². The van der Waals surface area contributed by atoms with Gasteiger partial charge in [-0.05, 0) is 6.07 Å². The third kappa shape index (κ3) is 3.51. The highest BCUT2D eigenvalue weighted by atomic mass is 35.5. The molecular formula is C15H13ClN2O5. The summed E-state index contributed by atoms with van der Waals surface area (Å²) < 4.78 is 10.3. The van der Waals surface area contributed by atoms with Gasteiger partial charge in [-0.2, -0.15) is 0 Å². The molecule has 0 aliphatic carbocycles. The van der Waals surface area contributed by atoms with Crippen molar-refractivity contribution in [3.63, 3.8) is 0 Å². The fourth-order valence-electron chi connectivity index (χ4n) is 2.01. The molecule has 23 heavy (non-hydrogen) atoms. The molecule has 2 aromatic rings. The minimum atomic E-state index is -0.656. The number of nitro benzene ring substituents is 1. The van der Waals surface area contributed by atoms with E-state index < -0.39 is 10.8 Å². The van der Waals surface area contributed by atoms with Crippen LogP contribution >= 0.6 is 11.6 Å². The van der Waals surface area contributed by atoms with Crippen LogP contribution in [0.3, 0.4) is 0 Å². The summed E-state index contributed by atoms with van der Waals surface area (Å²) in [6.07, 6.45) is 0. The van der Waals surface area contributed by atoms with Crippen molar-refractivity contribution in [2.24, 2.45) is 0 Å². The second-order valence-electron chi connectivity index (χ2n) is 4.41. The SMILES string of the molecule is COc1cc(Cl)cc(OC)c1NC(=O)c1ccccc1[N+](=O)[O-]. The molecule has 120 valence electrons. The van der Waals surface area contributed by atoms with Crippen molar-refractivity contribution in [2.45, 2.75) is 0 Å². The highest BCUT2D eigenvalue weighted by Gasteiger charge is 2.22. The van der Waals surface area contributed by atoms with Gasteiger partial charge >= 0.3 is 0 Å². The first-order chi connectivity index (χ1) is 11.0. The average molecular weight is 337 g/mol. The highest BCUT2D eigenvalue weighted by Crippen LogP contribution is 2.38. The summed E-state index contributed by atoms with van der Waals surface area (Å²) in [6.45, 7) is 0. The molecule has 0 aliphatic rings. The van der Waals surface area contributed by atoms with E-state index in [4.69, 9.17) is 21.1 Å². The van der Waals surface area contributed by atoms with Crippen molar-refractivity contribution in [1.29, 1.82) is 0 Å². The minimum Gasteiger partial charge on any atom is -0.494 e. The number of methoxy groups -OCH3 is 2. The summed E-state index contributed by atoms with van der Waals surface area (Å²) in [4.78, 5) is 22.8. The number of benzene rings is 2. The number of para-hydroxylation sites is 1. The molecule has 2 rings (SSSR count). The van der Waals surface area contributed by atoms with Gasteiger partial charge in [0.05, 0.1) is 19.1 Å². The Labute approximate surface area is 136 Å². The first-order valence-electron chi connectivity index (χ1n) is 6.44. The van der Waals surface area contributed by atoms with Crippen molar-refractivity contribution >= 4 is 28.9 Å². The molecule has 1 amide bonds. The molecule has 8 heteroatoms. The molecule has 0 fully saturated rings. The van der Waals surface area contributed by atoms with E-state index in [9.17, 15) is 14.9 Å². The lowest BCUT2D eigenvalue weighted by atomic mass is 10.1. The number of amides is 1. The van der Waals surface area contributed by atoms with Crippen LogP contribution < -0.4 is 14.8 Å². The largest absolute Gasteiger partial charge is 0.494 e. The Kier molecular flexibility index (Phi) is 5.02. The lowest BCUT2D eigenvalue weighted by molar-refractivity contribution is -0.385. The van der Waals surface area contributed by atoms with Gasteiger partial charge in [-0.25, -0.2) is 0 Å². The van der Waals surface area contributed by atoms with Crippen LogP contribution in [0.25, 0.3) is 0 Å². The summed E-state index contributed by atoms with van der Waals surface area (Å²) in [5, 5.41) is 14.0.